The van der Waals surface area contributed by atoms with Crippen LogP contribution in [-0.4, -0.2) is 54.5 Å². The highest BCUT2D eigenvalue weighted by atomic mass is 32.2. The number of sulfonamides is 1. The Balaban J connectivity index is 1.63. The number of rotatable bonds is 12. The van der Waals surface area contributed by atoms with E-state index in [0.717, 1.165) is 33.8 Å². The second-order valence-electron chi connectivity index (χ2n) is 9.93. The predicted molar refractivity (Wildman–Crippen MR) is 153 cm³/mol. The molecule has 0 unspecified atom stereocenters. The molecule has 4 rings (SSSR count). The highest BCUT2D eigenvalue weighted by Crippen LogP contribution is 2.30. The summed E-state index contributed by atoms with van der Waals surface area (Å²) in [5.41, 5.74) is 2.85. The third kappa shape index (κ3) is 6.42. The van der Waals surface area contributed by atoms with Gasteiger partial charge in [-0.25, -0.2) is 12.7 Å². The number of carbonyl (C=O) groups is 3. The van der Waals surface area contributed by atoms with Crippen LogP contribution in [0.5, 0.6) is 0 Å². The van der Waals surface area contributed by atoms with Gasteiger partial charge in [0.05, 0.1) is 5.56 Å². The summed E-state index contributed by atoms with van der Waals surface area (Å²) in [6.45, 7) is 4.33. The smallest absolute Gasteiger partial charge is 0.269 e. The second-order valence-corrected chi connectivity index (χ2v) is 11.8. The van der Waals surface area contributed by atoms with Crippen LogP contribution in [0, 0.1) is 6.92 Å². The van der Waals surface area contributed by atoms with Crippen molar-refractivity contribution in [2.75, 3.05) is 13.1 Å². The minimum absolute atomic E-state index is 0.0542. The molecule has 3 aromatic rings. The standard InChI is InChI=1S/C31H35N3O5S/c1-3-4-19-32-30(36)27(21-24-13-6-5-7-14-24)33(22-25-15-9-8-12-23(25)2)29(35)18-20-34-31(37)26-16-10-11-17-28(26)40(34,38)39/h5-17,27H,3-4,18-22H2,1-2H3,(H,32,36)/t27-/m0/s1. The van der Waals surface area contributed by atoms with Gasteiger partial charge in [0, 0.05) is 32.5 Å². The molecule has 40 heavy (non-hydrogen) atoms. The number of fused-ring (bicyclic) bond motifs is 1. The third-order valence-corrected chi connectivity index (χ3v) is 8.98. The highest BCUT2D eigenvalue weighted by molar-refractivity contribution is 7.90. The van der Waals surface area contributed by atoms with E-state index in [2.05, 4.69) is 5.32 Å². The van der Waals surface area contributed by atoms with Gasteiger partial charge in [-0.15, -0.1) is 0 Å². The maximum atomic E-state index is 13.9. The number of unbranched alkanes of at least 4 members (excludes halogenated alkanes) is 1. The minimum Gasteiger partial charge on any atom is -0.354 e. The summed E-state index contributed by atoms with van der Waals surface area (Å²) in [6.07, 6.45) is 1.77. The molecule has 0 saturated heterocycles. The van der Waals surface area contributed by atoms with Gasteiger partial charge < -0.3 is 10.2 Å². The SMILES string of the molecule is CCCCNC(=O)[C@H](Cc1ccccc1)N(Cc1ccccc1C)C(=O)CCN1C(=O)c2ccccc2S1(=O)=O. The molecule has 0 radical (unpaired) electrons. The van der Waals surface area contributed by atoms with Gasteiger partial charge in [-0.1, -0.05) is 80.1 Å². The molecular weight excluding hydrogens is 526 g/mol. The zero-order chi connectivity index (χ0) is 28.7. The van der Waals surface area contributed by atoms with Gasteiger partial charge in [0.25, 0.3) is 15.9 Å². The molecule has 1 aliphatic rings. The summed E-state index contributed by atoms with van der Waals surface area (Å²) in [5, 5.41) is 2.98. The second kappa shape index (κ2) is 12.9. The van der Waals surface area contributed by atoms with Crippen molar-refractivity contribution in [2.45, 2.75) is 57.0 Å². The molecule has 1 atom stereocenters. The Morgan fingerprint density at radius 3 is 2.33 bits per heavy atom. The molecule has 0 aromatic heterocycles. The van der Waals surface area contributed by atoms with Crippen molar-refractivity contribution >= 4 is 27.7 Å². The number of hydrogen-bond acceptors (Lipinski definition) is 5. The molecule has 1 aliphatic heterocycles. The summed E-state index contributed by atoms with van der Waals surface area (Å²) in [7, 11) is -4.05. The Morgan fingerprint density at radius 2 is 1.62 bits per heavy atom. The lowest BCUT2D eigenvalue weighted by Crippen LogP contribution is -2.51. The van der Waals surface area contributed by atoms with E-state index in [9.17, 15) is 22.8 Å². The number of nitrogens with zero attached hydrogens (tertiary/aromatic N) is 2. The van der Waals surface area contributed by atoms with Crippen LogP contribution in [0.3, 0.4) is 0 Å². The van der Waals surface area contributed by atoms with Crippen LogP contribution in [0.1, 0.15) is 53.2 Å². The molecule has 0 saturated carbocycles. The number of hydrogen-bond donors (Lipinski definition) is 1. The number of amides is 3. The highest BCUT2D eigenvalue weighted by Gasteiger charge is 2.41. The first-order valence-corrected chi connectivity index (χ1v) is 15.0. The van der Waals surface area contributed by atoms with Crippen molar-refractivity contribution in [3.8, 4) is 0 Å². The lowest BCUT2D eigenvalue weighted by atomic mass is 10.0. The molecule has 9 heteroatoms. The predicted octanol–water partition coefficient (Wildman–Crippen LogP) is 4.09. The molecule has 3 aromatic carbocycles. The number of carbonyl (C=O) groups excluding carboxylic acids is 3. The van der Waals surface area contributed by atoms with Gasteiger partial charge in [0.15, 0.2) is 0 Å². The van der Waals surface area contributed by atoms with E-state index in [1.807, 2.05) is 68.4 Å². The molecular formula is C31H35N3O5S. The Kier molecular flexibility index (Phi) is 9.37. The largest absolute Gasteiger partial charge is 0.354 e. The van der Waals surface area contributed by atoms with Crippen LogP contribution in [0.15, 0.2) is 83.8 Å². The van der Waals surface area contributed by atoms with E-state index in [-0.39, 0.29) is 35.9 Å². The zero-order valence-electron chi connectivity index (χ0n) is 22.9. The average molecular weight is 562 g/mol. The lowest BCUT2D eigenvalue weighted by Gasteiger charge is -2.32. The van der Waals surface area contributed by atoms with E-state index in [0.29, 0.717) is 13.0 Å². The van der Waals surface area contributed by atoms with Crippen LogP contribution in [-0.2, 0) is 32.6 Å². The Morgan fingerprint density at radius 1 is 0.950 bits per heavy atom. The van der Waals surface area contributed by atoms with Gasteiger partial charge in [-0.2, -0.15) is 0 Å². The average Bonchev–Trinajstić information content (AvgIpc) is 3.15. The van der Waals surface area contributed by atoms with Crippen molar-refractivity contribution in [3.63, 3.8) is 0 Å². The van der Waals surface area contributed by atoms with Crippen LogP contribution in [0.25, 0.3) is 0 Å². The fraction of sp³-hybridized carbons (Fsp3) is 0.323. The Hall–Kier alpha value is -3.98. The first kappa shape index (κ1) is 29.0. The van der Waals surface area contributed by atoms with E-state index in [1.165, 1.54) is 17.0 Å². The molecule has 0 bridgehead atoms. The third-order valence-electron chi connectivity index (χ3n) is 7.14. The normalized spacial score (nSPS) is 14.4. The molecule has 1 N–H and O–H groups in total. The molecule has 0 spiro atoms. The maximum absolute atomic E-state index is 13.9. The summed E-state index contributed by atoms with van der Waals surface area (Å²) in [5.74, 6) is -1.32. The summed E-state index contributed by atoms with van der Waals surface area (Å²) in [6, 6.07) is 22.3. The quantitative estimate of drug-likeness (QED) is 0.336. The van der Waals surface area contributed by atoms with Crippen molar-refractivity contribution in [1.29, 1.82) is 0 Å². The van der Waals surface area contributed by atoms with Gasteiger partial charge >= 0.3 is 0 Å². The zero-order valence-corrected chi connectivity index (χ0v) is 23.7. The number of aryl methyl sites for hydroxylation is 1. The molecule has 210 valence electrons. The number of benzene rings is 3. The Labute approximate surface area is 236 Å². The van der Waals surface area contributed by atoms with Gasteiger partial charge in [-0.3, -0.25) is 14.4 Å². The molecule has 8 nitrogen and oxygen atoms in total. The fourth-order valence-corrected chi connectivity index (χ4v) is 6.39. The molecule has 0 aliphatic carbocycles. The van der Waals surface area contributed by atoms with Crippen LogP contribution < -0.4 is 5.32 Å². The summed E-state index contributed by atoms with van der Waals surface area (Å²) >= 11 is 0. The van der Waals surface area contributed by atoms with Gasteiger partial charge in [0.1, 0.15) is 10.9 Å². The lowest BCUT2D eigenvalue weighted by molar-refractivity contribution is -0.141. The van der Waals surface area contributed by atoms with Crippen LogP contribution >= 0.6 is 0 Å². The van der Waals surface area contributed by atoms with Crippen molar-refractivity contribution in [2.24, 2.45) is 0 Å². The number of nitrogens with one attached hydrogen (secondary N) is 1. The summed E-state index contributed by atoms with van der Waals surface area (Å²) < 4.78 is 26.9. The van der Waals surface area contributed by atoms with Crippen molar-refractivity contribution in [3.05, 3.63) is 101 Å². The van der Waals surface area contributed by atoms with Crippen LogP contribution in [0.2, 0.25) is 0 Å². The van der Waals surface area contributed by atoms with Gasteiger partial charge in [0.2, 0.25) is 11.8 Å². The first-order chi connectivity index (χ1) is 19.2. The topological polar surface area (TPSA) is 104 Å². The van der Waals surface area contributed by atoms with E-state index < -0.39 is 27.9 Å². The summed E-state index contributed by atoms with van der Waals surface area (Å²) in [4.78, 5) is 41.8. The molecule has 1 heterocycles. The van der Waals surface area contributed by atoms with Crippen LogP contribution in [0.4, 0.5) is 0 Å². The maximum Gasteiger partial charge on any atom is 0.269 e. The van der Waals surface area contributed by atoms with E-state index in [4.69, 9.17) is 0 Å². The Bertz CT molecular complexity index is 1470. The fourth-order valence-electron chi connectivity index (χ4n) is 4.82. The molecule has 3 amide bonds. The monoisotopic (exact) mass is 561 g/mol. The van der Waals surface area contributed by atoms with E-state index >= 15 is 0 Å². The van der Waals surface area contributed by atoms with Gasteiger partial charge in [-0.05, 0) is 42.2 Å². The van der Waals surface area contributed by atoms with Crippen molar-refractivity contribution < 1.29 is 22.8 Å². The molecule has 0 fully saturated rings. The van der Waals surface area contributed by atoms with Crippen molar-refractivity contribution in [1.82, 2.24) is 14.5 Å². The first-order valence-electron chi connectivity index (χ1n) is 13.6. The minimum atomic E-state index is -4.05. The van der Waals surface area contributed by atoms with E-state index in [1.54, 1.807) is 12.1 Å².